The van der Waals surface area contributed by atoms with Gasteiger partial charge < -0.3 is 14.5 Å². The van der Waals surface area contributed by atoms with Crippen molar-refractivity contribution in [3.8, 4) is 5.75 Å². The molecule has 0 fully saturated rings. The van der Waals surface area contributed by atoms with Gasteiger partial charge in [-0.15, -0.1) is 0 Å². The molecule has 0 unspecified atom stereocenters. The van der Waals surface area contributed by atoms with Crippen LogP contribution in [0.1, 0.15) is 44.1 Å². The van der Waals surface area contributed by atoms with E-state index in [1.807, 2.05) is 25.2 Å². The van der Waals surface area contributed by atoms with Crippen molar-refractivity contribution < 1.29 is 9.15 Å². The normalized spacial score (nSPS) is 11.6. The Kier molecular flexibility index (Phi) is 5.07. The number of ether oxygens (including phenoxy) is 1. The topological polar surface area (TPSA) is 34.4 Å². The maximum atomic E-state index is 5.85. The maximum absolute atomic E-state index is 5.85. The van der Waals surface area contributed by atoms with E-state index in [0.717, 1.165) is 30.0 Å². The predicted molar refractivity (Wildman–Crippen MR) is 85.6 cm³/mol. The van der Waals surface area contributed by atoms with Crippen LogP contribution in [0.15, 0.2) is 41.0 Å². The summed E-state index contributed by atoms with van der Waals surface area (Å²) in [5.41, 5.74) is 2.64. The number of furan rings is 1. The molecule has 0 bridgehead atoms. The van der Waals surface area contributed by atoms with E-state index in [4.69, 9.17) is 9.15 Å². The molecule has 0 aliphatic carbocycles. The lowest BCUT2D eigenvalue weighted by Crippen LogP contribution is -2.15. The van der Waals surface area contributed by atoms with Crippen LogP contribution < -0.4 is 10.1 Å². The van der Waals surface area contributed by atoms with Gasteiger partial charge >= 0.3 is 0 Å². The molecule has 21 heavy (non-hydrogen) atoms. The molecule has 1 heterocycles. The minimum absolute atomic E-state index is 0.211. The van der Waals surface area contributed by atoms with Crippen LogP contribution in [0.2, 0.25) is 0 Å². The molecule has 0 saturated heterocycles. The average molecular weight is 287 g/mol. The summed E-state index contributed by atoms with van der Waals surface area (Å²) in [5.74, 6) is 1.82. The van der Waals surface area contributed by atoms with E-state index in [1.165, 1.54) is 5.56 Å². The molecule has 2 aromatic rings. The molecule has 114 valence electrons. The highest BCUT2D eigenvalue weighted by atomic mass is 16.5. The number of nitrogens with one attached hydrogen (secondary N) is 1. The first-order valence-corrected chi connectivity index (χ1v) is 7.50. The Balaban J connectivity index is 1.99. The van der Waals surface area contributed by atoms with Crippen LogP contribution in [-0.2, 0) is 18.6 Å². The van der Waals surface area contributed by atoms with Gasteiger partial charge in [-0.2, -0.15) is 0 Å². The van der Waals surface area contributed by atoms with E-state index >= 15 is 0 Å². The predicted octanol–water partition coefficient (Wildman–Crippen LogP) is 4.27. The van der Waals surface area contributed by atoms with Crippen molar-refractivity contribution in [3.63, 3.8) is 0 Å². The van der Waals surface area contributed by atoms with Gasteiger partial charge in [0.05, 0.1) is 12.8 Å². The SMILES string of the molecule is CCC(C)(C)c1ccc(OCc2ccoc2CNC)cc1. The smallest absolute Gasteiger partial charge is 0.124 e. The molecule has 0 radical (unpaired) electrons. The van der Waals surface area contributed by atoms with Gasteiger partial charge in [0.1, 0.15) is 18.1 Å². The zero-order chi connectivity index (χ0) is 15.3. The molecule has 0 spiro atoms. The Morgan fingerprint density at radius 2 is 1.86 bits per heavy atom. The lowest BCUT2D eigenvalue weighted by Gasteiger charge is -2.23. The largest absolute Gasteiger partial charge is 0.489 e. The van der Waals surface area contributed by atoms with Crippen molar-refractivity contribution in [2.75, 3.05) is 7.05 Å². The van der Waals surface area contributed by atoms with E-state index in [-0.39, 0.29) is 5.41 Å². The van der Waals surface area contributed by atoms with Gasteiger partial charge in [0.2, 0.25) is 0 Å². The van der Waals surface area contributed by atoms with Crippen molar-refractivity contribution >= 4 is 0 Å². The van der Waals surface area contributed by atoms with Gasteiger partial charge in [-0.1, -0.05) is 32.9 Å². The monoisotopic (exact) mass is 287 g/mol. The highest BCUT2D eigenvalue weighted by molar-refractivity contribution is 5.31. The Bertz CT molecular complexity index is 555. The van der Waals surface area contributed by atoms with Crippen LogP contribution in [0.4, 0.5) is 0 Å². The van der Waals surface area contributed by atoms with Crippen LogP contribution in [0, 0.1) is 0 Å². The molecule has 3 heteroatoms. The summed E-state index contributed by atoms with van der Waals surface area (Å²) >= 11 is 0. The van der Waals surface area contributed by atoms with Gasteiger partial charge in [-0.25, -0.2) is 0 Å². The Morgan fingerprint density at radius 3 is 2.48 bits per heavy atom. The molecule has 1 aromatic heterocycles. The fourth-order valence-corrected chi connectivity index (χ4v) is 2.18. The second-order valence-electron chi connectivity index (χ2n) is 5.95. The highest BCUT2D eigenvalue weighted by Gasteiger charge is 2.17. The lowest BCUT2D eigenvalue weighted by molar-refractivity contribution is 0.301. The standard InChI is InChI=1S/C18H25NO2/c1-5-18(2,3)15-6-8-16(9-7-15)21-13-14-10-11-20-17(14)12-19-4/h6-11,19H,5,12-13H2,1-4H3. The van der Waals surface area contributed by atoms with E-state index in [1.54, 1.807) is 6.26 Å². The molecule has 0 amide bonds. The molecule has 2 rings (SSSR count). The molecule has 0 aliphatic rings. The van der Waals surface area contributed by atoms with Gasteiger partial charge in [0.25, 0.3) is 0 Å². The summed E-state index contributed by atoms with van der Waals surface area (Å²) in [6, 6.07) is 10.4. The van der Waals surface area contributed by atoms with Crippen molar-refractivity contribution in [1.29, 1.82) is 0 Å². The van der Waals surface area contributed by atoms with Crippen LogP contribution >= 0.6 is 0 Å². The van der Waals surface area contributed by atoms with E-state index in [0.29, 0.717) is 6.61 Å². The molecule has 1 aromatic carbocycles. The van der Waals surface area contributed by atoms with E-state index < -0.39 is 0 Å². The Labute approximate surface area is 127 Å². The third-order valence-electron chi connectivity index (χ3n) is 4.09. The fraction of sp³-hybridized carbons (Fsp3) is 0.444. The van der Waals surface area contributed by atoms with E-state index in [9.17, 15) is 0 Å². The van der Waals surface area contributed by atoms with Crippen LogP contribution in [0.25, 0.3) is 0 Å². The van der Waals surface area contributed by atoms with Crippen LogP contribution in [0.5, 0.6) is 5.75 Å². The van der Waals surface area contributed by atoms with Crippen LogP contribution in [-0.4, -0.2) is 7.05 Å². The zero-order valence-electron chi connectivity index (χ0n) is 13.4. The van der Waals surface area contributed by atoms with Crippen molar-refractivity contribution in [2.45, 2.75) is 45.8 Å². The number of hydrogen-bond donors (Lipinski definition) is 1. The number of hydrogen-bond acceptors (Lipinski definition) is 3. The molecule has 1 N–H and O–H groups in total. The summed E-state index contributed by atoms with van der Waals surface area (Å²) in [6.45, 7) is 7.99. The zero-order valence-corrected chi connectivity index (χ0v) is 13.4. The third kappa shape index (κ3) is 3.88. The van der Waals surface area contributed by atoms with Crippen molar-refractivity contribution in [3.05, 3.63) is 53.5 Å². The quantitative estimate of drug-likeness (QED) is 0.826. The molecular formula is C18H25NO2. The van der Waals surface area contributed by atoms with Crippen molar-refractivity contribution in [2.24, 2.45) is 0 Å². The second-order valence-corrected chi connectivity index (χ2v) is 5.95. The van der Waals surface area contributed by atoms with Gasteiger partial charge in [0.15, 0.2) is 0 Å². The average Bonchev–Trinajstić information content (AvgIpc) is 2.93. The molecule has 0 saturated carbocycles. The van der Waals surface area contributed by atoms with Gasteiger partial charge in [0, 0.05) is 5.56 Å². The second kappa shape index (κ2) is 6.81. The summed E-state index contributed by atoms with van der Waals surface area (Å²) in [5, 5.41) is 3.09. The lowest BCUT2D eigenvalue weighted by atomic mass is 9.82. The van der Waals surface area contributed by atoms with Gasteiger partial charge in [-0.3, -0.25) is 0 Å². The van der Waals surface area contributed by atoms with E-state index in [2.05, 4.69) is 38.2 Å². The number of benzene rings is 1. The molecule has 0 atom stereocenters. The summed E-state index contributed by atoms with van der Waals surface area (Å²) < 4.78 is 11.3. The first-order chi connectivity index (χ1) is 10.1. The third-order valence-corrected chi connectivity index (χ3v) is 4.09. The summed E-state index contributed by atoms with van der Waals surface area (Å²) in [4.78, 5) is 0. The molecule has 0 aliphatic heterocycles. The minimum atomic E-state index is 0.211. The highest BCUT2D eigenvalue weighted by Crippen LogP contribution is 2.28. The first-order valence-electron chi connectivity index (χ1n) is 7.50. The summed E-state index contributed by atoms with van der Waals surface area (Å²) in [7, 11) is 1.90. The Morgan fingerprint density at radius 1 is 1.14 bits per heavy atom. The Hall–Kier alpha value is -1.74. The molecular weight excluding hydrogens is 262 g/mol. The molecule has 3 nitrogen and oxygen atoms in total. The maximum Gasteiger partial charge on any atom is 0.124 e. The minimum Gasteiger partial charge on any atom is -0.489 e. The van der Waals surface area contributed by atoms with Crippen LogP contribution in [0.3, 0.4) is 0 Å². The number of rotatable bonds is 7. The fourth-order valence-electron chi connectivity index (χ4n) is 2.18. The first kappa shape index (κ1) is 15.6. The van der Waals surface area contributed by atoms with Crippen molar-refractivity contribution in [1.82, 2.24) is 5.32 Å². The van der Waals surface area contributed by atoms with Gasteiger partial charge in [-0.05, 0) is 42.6 Å². The summed E-state index contributed by atoms with van der Waals surface area (Å²) in [6.07, 6.45) is 2.83.